The van der Waals surface area contributed by atoms with Crippen LogP contribution in [0.15, 0.2) is 35.4 Å². The molecule has 68 valence electrons. The van der Waals surface area contributed by atoms with Gasteiger partial charge in [-0.3, -0.25) is 0 Å². The van der Waals surface area contributed by atoms with E-state index >= 15 is 0 Å². The lowest BCUT2D eigenvalue weighted by Gasteiger charge is -2.10. The van der Waals surface area contributed by atoms with Crippen molar-refractivity contribution in [1.29, 1.82) is 0 Å². The van der Waals surface area contributed by atoms with E-state index in [9.17, 15) is 0 Å². The molecule has 0 spiro atoms. The summed E-state index contributed by atoms with van der Waals surface area (Å²) in [4.78, 5) is 2.66. The van der Waals surface area contributed by atoms with Crippen molar-refractivity contribution >= 4 is 0 Å². The van der Waals surface area contributed by atoms with Crippen molar-refractivity contribution in [3.8, 4) is 0 Å². The minimum Gasteiger partial charge on any atom is -0.396 e. The number of aliphatic hydroxyl groups is 1. The zero-order valence-corrected chi connectivity index (χ0v) is 7.17. The van der Waals surface area contributed by atoms with Gasteiger partial charge in [-0.05, 0) is 11.1 Å². The number of hydrogen-bond donors (Lipinski definition) is 1. The highest BCUT2D eigenvalue weighted by molar-refractivity contribution is 5.19. The quantitative estimate of drug-likeness (QED) is 0.427. The van der Waals surface area contributed by atoms with Crippen LogP contribution in [-0.4, -0.2) is 18.3 Å². The molecule has 4 heteroatoms. The van der Waals surface area contributed by atoms with Gasteiger partial charge in [0.15, 0.2) is 0 Å². The molecule has 0 saturated carbocycles. The largest absolute Gasteiger partial charge is 0.396 e. The van der Waals surface area contributed by atoms with Gasteiger partial charge in [0.1, 0.15) is 0 Å². The highest BCUT2D eigenvalue weighted by Crippen LogP contribution is 2.14. The molecular weight excluding hydrogens is 166 g/mol. The van der Waals surface area contributed by atoms with Crippen molar-refractivity contribution in [3.05, 3.63) is 46.3 Å². The molecule has 0 radical (unpaired) electrons. The Kier molecular flexibility index (Phi) is 3.82. The molecule has 1 unspecified atom stereocenters. The van der Waals surface area contributed by atoms with Crippen LogP contribution in [-0.2, 0) is 0 Å². The van der Waals surface area contributed by atoms with Crippen molar-refractivity contribution in [1.82, 2.24) is 0 Å². The normalized spacial score (nSPS) is 11.8. The summed E-state index contributed by atoms with van der Waals surface area (Å²) >= 11 is 0. The molecule has 0 saturated heterocycles. The molecule has 0 bridgehead atoms. The second-order valence-electron chi connectivity index (χ2n) is 2.70. The summed E-state index contributed by atoms with van der Waals surface area (Å²) in [6.07, 6.45) is 0. The number of benzene rings is 1. The van der Waals surface area contributed by atoms with Crippen LogP contribution >= 0.6 is 0 Å². The summed E-state index contributed by atoms with van der Waals surface area (Å²) in [5.74, 6) is -0.0860. The molecule has 0 aliphatic heterocycles. The average molecular weight is 177 g/mol. The van der Waals surface area contributed by atoms with Crippen molar-refractivity contribution < 1.29 is 5.11 Å². The van der Waals surface area contributed by atoms with Gasteiger partial charge in [-0.25, -0.2) is 0 Å². The fourth-order valence-electron chi connectivity index (χ4n) is 1.13. The van der Waals surface area contributed by atoms with Crippen LogP contribution in [0, 0.1) is 0 Å². The fourth-order valence-corrected chi connectivity index (χ4v) is 1.13. The summed E-state index contributed by atoms with van der Waals surface area (Å²) in [5.41, 5.74) is 9.13. The Hall–Kier alpha value is -1.51. The molecule has 1 rings (SSSR count). The van der Waals surface area contributed by atoms with Crippen molar-refractivity contribution in [2.24, 2.45) is 5.11 Å². The molecule has 1 N–H and O–H groups in total. The van der Waals surface area contributed by atoms with E-state index in [1.807, 2.05) is 30.3 Å². The number of azide groups is 1. The van der Waals surface area contributed by atoms with E-state index in [4.69, 9.17) is 10.6 Å². The van der Waals surface area contributed by atoms with E-state index in [2.05, 4.69) is 10.0 Å². The molecule has 0 aliphatic rings. The van der Waals surface area contributed by atoms with Crippen molar-refractivity contribution in [2.45, 2.75) is 5.92 Å². The third-order valence-corrected chi connectivity index (χ3v) is 1.86. The van der Waals surface area contributed by atoms with E-state index in [1.54, 1.807) is 0 Å². The van der Waals surface area contributed by atoms with Gasteiger partial charge in [0.2, 0.25) is 0 Å². The minimum atomic E-state index is -0.0860. The Morgan fingerprint density at radius 2 is 2.08 bits per heavy atom. The van der Waals surface area contributed by atoms with Crippen molar-refractivity contribution in [3.63, 3.8) is 0 Å². The summed E-state index contributed by atoms with van der Waals surface area (Å²) < 4.78 is 0. The monoisotopic (exact) mass is 177 g/mol. The Morgan fingerprint density at radius 1 is 1.38 bits per heavy atom. The standard InChI is InChI=1S/C9H11N3O/c10-12-11-6-9(7-13)8-4-2-1-3-5-8/h1-5,9,13H,6-7H2. The van der Waals surface area contributed by atoms with E-state index in [0.717, 1.165) is 5.56 Å². The van der Waals surface area contributed by atoms with Crippen LogP contribution in [0.3, 0.4) is 0 Å². The zero-order valence-electron chi connectivity index (χ0n) is 7.17. The van der Waals surface area contributed by atoms with Gasteiger partial charge in [-0.1, -0.05) is 35.4 Å². The van der Waals surface area contributed by atoms with E-state index in [0.29, 0.717) is 6.54 Å². The maximum atomic E-state index is 9.02. The smallest absolute Gasteiger partial charge is 0.0501 e. The molecule has 1 atom stereocenters. The molecule has 4 nitrogen and oxygen atoms in total. The molecule has 0 aliphatic carbocycles. The summed E-state index contributed by atoms with van der Waals surface area (Å²) in [6.45, 7) is 0.306. The summed E-state index contributed by atoms with van der Waals surface area (Å²) in [6, 6.07) is 9.52. The van der Waals surface area contributed by atoms with Gasteiger partial charge in [0.25, 0.3) is 0 Å². The first-order chi connectivity index (χ1) is 6.38. The summed E-state index contributed by atoms with van der Waals surface area (Å²) in [7, 11) is 0. The molecule has 13 heavy (non-hydrogen) atoms. The molecule has 0 amide bonds. The lowest BCUT2D eigenvalue weighted by Crippen LogP contribution is -2.06. The van der Waals surface area contributed by atoms with Crippen LogP contribution in [0.2, 0.25) is 0 Å². The van der Waals surface area contributed by atoms with E-state index in [-0.39, 0.29) is 12.5 Å². The van der Waals surface area contributed by atoms with Crippen LogP contribution in [0.4, 0.5) is 0 Å². The van der Waals surface area contributed by atoms with Gasteiger partial charge in [-0.15, -0.1) is 0 Å². The summed E-state index contributed by atoms with van der Waals surface area (Å²) in [5, 5.41) is 12.5. The lowest BCUT2D eigenvalue weighted by molar-refractivity contribution is 0.268. The van der Waals surface area contributed by atoms with Gasteiger partial charge >= 0.3 is 0 Å². The number of rotatable bonds is 4. The highest BCUT2D eigenvalue weighted by atomic mass is 16.3. The topological polar surface area (TPSA) is 69.0 Å². The second-order valence-corrected chi connectivity index (χ2v) is 2.70. The molecule has 0 aromatic heterocycles. The third-order valence-electron chi connectivity index (χ3n) is 1.86. The average Bonchev–Trinajstić information content (AvgIpc) is 2.21. The zero-order chi connectivity index (χ0) is 9.52. The Balaban J connectivity index is 2.72. The van der Waals surface area contributed by atoms with Crippen LogP contribution in [0.1, 0.15) is 11.5 Å². The van der Waals surface area contributed by atoms with Crippen molar-refractivity contribution in [2.75, 3.05) is 13.2 Å². The number of hydrogen-bond acceptors (Lipinski definition) is 2. The SMILES string of the molecule is [N-]=[N+]=NCC(CO)c1ccccc1. The third kappa shape index (κ3) is 2.78. The molecule has 0 heterocycles. The van der Waals surface area contributed by atoms with Gasteiger partial charge < -0.3 is 5.11 Å². The first-order valence-electron chi connectivity index (χ1n) is 4.05. The molecule has 0 fully saturated rings. The van der Waals surface area contributed by atoms with Gasteiger partial charge in [-0.2, -0.15) is 0 Å². The minimum absolute atomic E-state index is 0.00301. The van der Waals surface area contributed by atoms with E-state index < -0.39 is 0 Å². The van der Waals surface area contributed by atoms with Crippen LogP contribution in [0.25, 0.3) is 10.4 Å². The maximum absolute atomic E-state index is 9.02. The van der Waals surface area contributed by atoms with Gasteiger partial charge in [0, 0.05) is 17.4 Å². The highest BCUT2D eigenvalue weighted by Gasteiger charge is 2.07. The maximum Gasteiger partial charge on any atom is 0.0501 e. The predicted molar refractivity (Wildman–Crippen MR) is 50.3 cm³/mol. The Morgan fingerprint density at radius 3 is 2.62 bits per heavy atom. The molecule has 1 aromatic rings. The molecular formula is C9H11N3O. The second kappa shape index (κ2) is 5.19. The van der Waals surface area contributed by atoms with Crippen LogP contribution < -0.4 is 0 Å². The predicted octanol–water partition coefficient (Wildman–Crippen LogP) is 2.07. The van der Waals surface area contributed by atoms with Gasteiger partial charge in [0.05, 0.1) is 6.61 Å². The number of nitrogens with zero attached hydrogens (tertiary/aromatic N) is 3. The van der Waals surface area contributed by atoms with E-state index in [1.165, 1.54) is 0 Å². The van der Waals surface area contributed by atoms with Crippen LogP contribution in [0.5, 0.6) is 0 Å². The first kappa shape index (κ1) is 9.58. The Bertz CT molecular complexity index is 293. The fraction of sp³-hybridized carbons (Fsp3) is 0.333. The Labute approximate surface area is 76.5 Å². The first-order valence-corrected chi connectivity index (χ1v) is 4.05. The molecule has 1 aromatic carbocycles. The lowest BCUT2D eigenvalue weighted by atomic mass is 10.0. The number of aliphatic hydroxyl groups excluding tert-OH is 1.